The summed E-state index contributed by atoms with van der Waals surface area (Å²) in [5.41, 5.74) is 1.01. The molecule has 1 saturated heterocycles. The van der Waals surface area contributed by atoms with Gasteiger partial charge in [0, 0.05) is 51.8 Å². The Bertz CT molecular complexity index is 691. The predicted molar refractivity (Wildman–Crippen MR) is 125 cm³/mol. The molecule has 1 N–H and O–H groups in total. The Hall–Kier alpha value is -1.91. The van der Waals surface area contributed by atoms with Crippen molar-refractivity contribution >= 4 is 35.8 Å². The monoisotopic (exact) mass is 520 g/mol. The normalized spacial score (nSPS) is 14.2. The number of halogens is 1. The number of ether oxygens (including phenoxy) is 3. The summed E-state index contributed by atoms with van der Waals surface area (Å²) in [6.07, 6.45) is 0.714. The second-order valence-electron chi connectivity index (χ2n) is 6.47. The summed E-state index contributed by atoms with van der Waals surface area (Å²) < 4.78 is 16.3. The first-order chi connectivity index (χ1) is 13.5. The van der Waals surface area contributed by atoms with Crippen LogP contribution in [0.15, 0.2) is 17.1 Å². The van der Waals surface area contributed by atoms with Gasteiger partial charge in [-0.25, -0.2) is 0 Å². The summed E-state index contributed by atoms with van der Waals surface area (Å²) in [4.78, 5) is 20.4. The molecule has 1 amide bonds. The highest BCUT2D eigenvalue weighted by Gasteiger charge is 2.21. The number of benzene rings is 1. The lowest BCUT2D eigenvalue weighted by atomic mass is 10.1. The van der Waals surface area contributed by atoms with Crippen LogP contribution in [0.3, 0.4) is 0 Å². The fourth-order valence-electron chi connectivity index (χ4n) is 3.30. The molecular weight excluding hydrogens is 487 g/mol. The molecule has 0 radical (unpaired) electrons. The fraction of sp³-hybridized carbons (Fsp3) is 0.600. The molecule has 0 bridgehead atoms. The molecular formula is C20H33IN4O4. The molecule has 1 aliphatic heterocycles. The number of carbonyl (C=O) groups excluding carboxylic acids is 1. The van der Waals surface area contributed by atoms with E-state index < -0.39 is 0 Å². The highest BCUT2D eigenvalue weighted by molar-refractivity contribution is 14.0. The first-order valence-corrected chi connectivity index (χ1v) is 9.62. The smallest absolute Gasteiger partial charge is 0.219 e. The van der Waals surface area contributed by atoms with Crippen molar-refractivity contribution in [1.29, 1.82) is 0 Å². The van der Waals surface area contributed by atoms with Crippen LogP contribution in [0, 0.1) is 0 Å². The lowest BCUT2D eigenvalue weighted by molar-refractivity contribution is -0.130. The van der Waals surface area contributed by atoms with E-state index in [1.807, 2.05) is 17.0 Å². The van der Waals surface area contributed by atoms with Gasteiger partial charge in [-0.3, -0.25) is 9.79 Å². The number of piperazine rings is 1. The van der Waals surface area contributed by atoms with E-state index in [0.29, 0.717) is 30.2 Å². The number of amides is 1. The Morgan fingerprint density at radius 1 is 1.03 bits per heavy atom. The minimum atomic E-state index is 0. The van der Waals surface area contributed by atoms with Gasteiger partial charge in [0.05, 0.1) is 21.3 Å². The van der Waals surface area contributed by atoms with Crippen molar-refractivity contribution < 1.29 is 19.0 Å². The van der Waals surface area contributed by atoms with Crippen LogP contribution in [-0.2, 0) is 11.2 Å². The van der Waals surface area contributed by atoms with Crippen molar-refractivity contribution in [2.75, 3.05) is 60.6 Å². The van der Waals surface area contributed by atoms with E-state index in [-0.39, 0.29) is 29.9 Å². The van der Waals surface area contributed by atoms with Gasteiger partial charge in [0.25, 0.3) is 0 Å². The third-order valence-corrected chi connectivity index (χ3v) is 4.79. The summed E-state index contributed by atoms with van der Waals surface area (Å²) >= 11 is 0. The highest BCUT2D eigenvalue weighted by atomic mass is 127. The fourth-order valence-corrected chi connectivity index (χ4v) is 3.30. The Kier molecular flexibility index (Phi) is 10.9. The molecule has 0 unspecified atom stereocenters. The maximum atomic E-state index is 11.5. The number of methoxy groups -OCH3 is 3. The highest BCUT2D eigenvalue weighted by Crippen LogP contribution is 2.39. The van der Waals surface area contributed by atoms with Crippen LogP contribution in [0.5, 0.6) is 17.2 Å². The van der Waals surface area contributed by atoms with Gasteiger partial charge in [-0.05, 0) is 19.4 Å². The Labute approximate surface area is 190 Å². The molecule has 29 heavy (non-hydrogen) atoms. The largest absolute Gasteiger partial charge is 0.493 e. The van der Waals surface area contributed by atoms with Crippen molar-refractivity contribution in [2.45, 2.75) is 20.3 Å². The molecule has 8 nitrogen and oxygen atoms in total. The van der Waals surface area contributed by atoms with Crippen LogP contribution >= 0.6 is 24.0 Å². The molecule has 1 heterocycles. The third kappa shape index (κ3) is 6.55. The standard InChI is InChI=1S/C20H32N4O4.HI/c1-6-21-20(24-13-11-23(12-14-24)15(2)25)22-10-9-16-7-8-17(26-3)19(28-5)18(16)27-4;/h7-8H,6,9-14H2,1-5H3,(H,21,22);1H. The van der Waals surface area contributed by atoms with E-state index in [0.717, 1.165) is 44.2 Å². The van der Waals surface area contributed by atoms with Gasteiger partial charge in [0.2, 0.25) is 11.7 Å². The molecule has 1 aromatic rings. The lowest BCUT2D eigenvalue weighted by Gasteiger charge is -2.36. The van der Waals surface area contributed by atoms with Gasteiger partial charge in [0.1, 0.15) is 0 Å². The van der Waals surface area contributed by atoms with E-state index in [1.165, 1.54) is 0 Å². The topological polar surface area (TPSA) is 75.6 Å². The van der Waals surface area contributed by atoms with Crippen LogP contribution in [0.25, 0.3) is 0 Å². The lowest BCUT2D eigenvalue weighted by Crippen LogP contribution is -2.53. The molecule has 164 valence electrons. The van der Waals surface area contributed by atoms with Crippen LogP contribution in [0.4, 0.5) is 0 Å². The molecule has 9 heteroatoms. The van der Waals surface area contributed by atoms with Gasteiger partial charge < -0.3 is 29.3 Å². The molecule has 1 aromatic carbocycles. The zero-order chi connectivity index (χ0) is 20.5. The average Bonchev–Trinajstić information content (AvgIpc) is 2.72. The van der Waals surface area contributed by atoms with E-state index in [9.17, 15) is 4.79 Å². The molecule has 0 aromatic heterocycles. The average molecular weight is 520 g/mol. The maximum Gasteiger partial charge on any atom is 0.219 e. The van der Waals surface area contributed by atoms with E-state index >= 15 is 0 Å². The zero-order valence-corrected chi connectivity index (χ0v) is 20.3. The Morgan fingerprint density at radius 2 is 1.66 bits per heavy atom. The third-order valence-electron chi connectivity index (χ3n) is 4.79. The number of nitrogens with one attached hydrogen (secondary N) is 1. The molecule has 0 saturated carbocycles. The quantitative estimate of drug-likeness (QED) is 0.337. The second-order valence-corrected chi connectivity index (χ2v) is 6.47. The van der Waals surface area contributed by atoms with Crippen LogP contribution < -0.4 is 19.5 Å². The summed E-state index contributed by atoms with van der Waals surface area (Å²) in [7, 11) is 4.84. The first-order valence-electron chi connectivity index (χ1n) is 9.62. The predicted octanol–water partition coefficient (Wildman–Crippen LogP) is 2.00. The van der Waals surface area contributed by atoms with Gasteiger partial charge >= 0.3 is 0 Å². The molecule has 0 spiro atoms. The maximum absolute atomic E-state index is 11.5. The minimum absolute atomic E-state index is 0. The van der Waals surface area contributed by atoms with Crippen molar-refractivity contribution in [1.82, 2.24) is 15.1 Å². The number of hydrogen-bond donors (Lipinski definition) is 1. The molecule has 0 aliphatic carbocycles. The summed E-state index contributed by atoms with van der Waals surface area (Å²) in [6.45, 7) is 8.10. The Morgan fingerprint density at radius 3 is 2.17 bits per heavy atom. The number of guanidine groups is 1. The van der Waals surface area contributed by atoms with Gasteiger partial charge in [-0.15, -0.1) is 24.0 Å². The van der Waals surface area contributed by atoms with Crippen LogP contribution in [0.1, 0.15) is 19.4 Å². The van der Waals surface area contributed by atoms with Crippen LogP contribution in [0.2, 0.25) is 0 Å². The number of hydrogen-bond acceptors (Lipinski definition) is 5. The summed E-state index contributed by atoms with van der Waals surface area (Å²) in [5, 5.41) is 3.35. The minimum Gasteiger partial charge on any atom is -0.493 e. The van der Waals surface area contributed by atoms with Crippen molar-refractivity contribution in [3.05, 3.63) is 17.7 Å². The molecule has 1 fully saturated rings. The van der Waals surface area contributed by atoms with Crippen molar-refractivity contribution in [2.24, 2.45) is 4.99 Å². The summed E-state index contributed by atoms with van der Waals surface area (Å²) in [5.74, 6) is 2.92. The van der Waals surface area contributed by atoms with Crippen molar-refractivity contribution in [3.8, 4) is 17.2 Å². The SMILES string of the molecule is CCNC(=NCCc1ccc(OC)c(OC)c1OC)N1CCN(C(C)=O)CC1.I. The van der Waals surface area contributed by atoms with E-state index in [4.69, 9.17) is 19.2 Å². The van der Waals surface area contributed by atoms with Crippen LogP contribution in [-0.4, -0.2) is 82.3 Å². The Balaban J connectivity index is 0.00000420. The number of carbonyl (C=O) groups is 1. The van der Waals surface area contributed by atoms with Gasteiger partial charge in [-0.1, -0.05) is 6.07 Å². The molecule has 1 aliphatic rings. The molecule has 2 rings (SSSR count). The number of rotatable bonds is 7. The number of aliphatic imine (C=N–C) groups is 1. The summed E-state index contributed by atoms with van der Waals surface area (Å²) in [6, 6.07) is 3.86. The second kappa shape index (κ2) is 12.6. The number of nitrogens with zero attached hydrogens (tertiary/aromatic N) is 3. The zero-order valence-electron chi connectivity index (χ0n) is 18.0. The van der Waals surface area contributed by atoms with Gasteiger partial charge in [0.15, 0.2) is 17.5 Å². The van der Waals surface area contributed by atoms with Gasteiger partial charge in [-0.2, -0.15) is 0 Å². The van der Waals surface area contributed by atoms with E-state index in [2.05, 4.69) is 17.1 Å². The van der Waals surface area contributed by atoms with E-state index in [1.54, 1.807) is 28.3 Å². The van der Waals surface area contributed by atoms with Crippen molar-refractivity contribution in [3.63, 3.8) is 0 Å². The molecule has 0 atom stereocenters. The first kappa shape index (κ1) is 25.1.